The normalized spacial score (nSPS) is 17.6. The maximum atomic E-state index is 12.1. The lowest BCUT2D eigenvalue weighted by Gasteiger charge is -2.17. The van der Waals surface area contributed by atoms with E-state index in [2.05, 4.69) is 9.88 Å². The number of para-hydroxylation sites is 1. The smallest absolute Gasteiger partial charge is 0.337 e. The molecule has 132 valence electrons. The van der Waals surface area contributed by atoms with Crippen LogP contribution in [0.5, 0.6) is 0 Å². The number of aromatic carboxylic acids is 1. The number of nitrogens with zero attached hydrogens (tertiary/aromatic N) is 4. The molecule has 1 aromatic heterocycles. The zero-order valence-electron chi connectivity index (χ0n) is 14.4. The Morgan fingerprint density at radius 3 is 2.80 bits per heavy atom. The first-order valence-corrected chi connectivity index (χ1v) is 8.25. The fourth-order valence-corrected chi connectivity index (χ4v) is 3.23. The number of hydrogen-bond donors (Lipinski definition) is 1. The molecule has 1 N–H and O–H groups in total. The molecule has 0 bridgehead atoms. The van der Waals surface area contributed by atoms with Crippen LogP contribution >= 0.6 is 0 Å². The van der Waals surface area contributed by atoms with Crippen LogP contribution in [-0.4, -0.2) is 63.5 Å². The van der Waals surface area contributed by atoms with Crippen LogP contribution in [0.15, 0.2) is 36.8 Å². The molecular weight excluding hydrogens is 320 g/mol. The molecule has 0 spiro atoms. The van der Waals surface area contributed by atoms with Gasteiger partial charge in [0.1, 0.15) is 0 Å². The summed E-state index contributed by atoms with van der Waals surface area (Å²) in [6.07, 6.45) is 4.35. The number of likely N-dealkylation sites (tertiary alicyclic amines) is 1. The van der Waals surface area contributed by atoms with Gasteiger partial charge in [0.25, 0.3) is 0 Å². The number of carbonyl (C=O) groups excluding carboxylic acids is 1. The van der Waals surface area contributed by atoms with Crippen molar-refractivity contribution in [2.45, 2.75) is 13.0 Å². The first kappa shape index (κ1) is 17.2. The summed E-state index contributed by atoms with van der Waals surface area (Å²) in [5.41, 5.74) is 1.69. The molecule has 1 aromatic carbocycles. The van der Waals surface area contributed by atoms with E-state index >= 15 is 0 Å². The zero-order valence-corrected chi connectivity index (χ0v) is 14.4. The molecule has 0 saturated carbocycles. The molecule has 1 aliphatic rings. The molecular formula is C18H22N4O3. The van der Waals surface area contributed by atoms with Crippen LogP contribution in [-0.2, 0) is 11.3 Å². The maximum Gasteiger partial charge on any atom is 0.337 e. The Morgan fingerprint density at radius 1 is 1.32 bits per heavy atom. The third kappa shape index (κ3) is 3.71. The van der Waals surface area contributed by atoms with E-state index in [-0.39, 0.29) is 17.4 Å². The maximum absolute atomic E-state index is 12.1. The highest BCUT2D eigenvalue weighted by molar-refractivity contribution is 5.91. The van der Waals surface area contributed by atoms with Gasteiger partial charge in [-0.1, -0.05) is 12.1 Å². The molecule has 0 radical (unpaired) electrons. The van der Waals surface area contributed by atoms with Crippen molar-refractivity contribution in [2.24, 2.45) is 5.92 Å². The molecule has 2 aromatic rings. The second kappa shape index (κ2) is 7.06. The van der Waals surface area contributed by atoms with E-state index in [9.17, 15) is 14.7 Å². The number of imidazole rings is 1. The Kier molecular flexibility index (Phi) is 4.85. The van der Waals surface area contributed by atoms with E-state index in [0.717, 1.165) is 25.2 Å². The third-order valence-corrected chi connectivity index (χ3v) is 4.50. The molecule has 3 rings (SSSR count). The van der Waals surface area contributed by atoms with Gasteiger partial charge in [0.05, 0.1) is 29.2 Å². The van der Waals surface area contributed by atoms with Gasteiger partial charge < -0.3 is 14.6 Å². The van der Waals surface area contributed by atoms with Gasteiger partial charge in [-0.3, -0.25) is 9.69 Å². The largest absolute Gasteiger partial charge is 0.478 e. The van der Waals surface area contributed by atoms with E-state index in [1.54, 1.807) is 54.2 Å². The quantitative estimate of drug-likeness (QED) is 0.890. The van der Waals surface area contributed by atoms with Gasteiger partial charge in [0.15, 0.2) is 0 Å². The van der Waals surface area contributed by atoms with Gasteiger partial charge in [-0.25, -0.2) is 9.78 Å². The molecule has 7 nitrogen and oxygen atoms in total. The monoisotopic (exact) mass is 342 g/mol. The summed E-state index contributed by atoms with van der Waals surface area (Å²) in [5.74, 6) is -0.747. The van der Waals surface area contributed by atoms with Crippen LogP contribution in [0.2, 0.25) is 0 Å². The topological polar surface area (TPSA) is 78.7 Å². The molecule has 1 unspecified atom stereocenters. The Bertz CT molecular complexity index is 784. The lowest BCUT2D eigenvalue weighted by molar-refractivity contribution is -0.132. The van der Waals surface area contributed by atoms with Crippen molar-refractivity contribution < 1.29 is 14.7 Å². The predicted molar refractivity (Wildman–Crippen MR) is 92.6 cm³/mol. The Balaban J connectivity index is 1.69. The van der Waals surface area contributed by atoms with E-state index in [0.29, 0.717) is 12.2 Å². The van der Waals surface area contributed by atoms with Crippen molar-refractivity contribution >= 4 is 11.9 Å². The summed E-state index contributed by atoms with van der Waals surface area (Å²) >= 11 is 0. The van der Waals surface area contributed by atoms with Crippen molar-refractivity contribution in [2.75, 3.05) is 27.2 Å². The zero-order chi connectivity index (χ0) is 18.0. The number of hydrogen-bond acceptors (Lipinski definition) is 4. The van der Waals surface area contributed by atoms with Gasteiger partial charge in [0.2, 0.25) is 5.91 Å². The SMILES string of the molecule is CN(C)C(=O)C1CCN(Cc2cn(-c3ccccc3C(=O)O)cn2)C1. The van der Waals surface area contributed by atoms with Crippen molar-refractivity contribution in [3.63, 3.8) is 0 Å². The Hall–Kier alpha value is -2.67. The summed E-state index contributed by atoms with van der Waals surface area (Å²) in [5, 5.41) is 9.31. The molecule has 2 heterocycles. The lowest BCUT2D eigenvalue weighted by Crippen LogP contribution is -2.31. The lowest BCUT2D eigenvalue weighted by atomic mass is 10.1. The molecule has 0 aliphatic carbocycles. The number of carboxylic acid groups (broad SMARTS) is 1. The number of carboxylic acids is 1. The predicted octanol–water partition coefficient (Wildman–Crippen LogP) is 1.48. The van der Waals surface area contributed by atoms with E-state index in [1.807, 2.05) is 6.20 Å². The van der Waals surface area contributed by atoms with Crippen LogP contribution in [0.25, 0.3) is 5.69 Å². The third-order valence-electron chi connectivity index (χ3n) is 4.50. The van der Waals surface area contributed by atoms with Crippen LogP contribution in [0.4, 0.5) is 0 Å². The summed E-state index contributed by atoms with van der Waals surface area (Å²) in [6.45, 7) is 2.25. The minimum absolute atomic E-state index is 0.0461. The van der Waals surface area contributed by atoms with E-state index in [4.69, 9.17) is 0 Å². The van der Waals surface area contributed by atoms with E-state index in [1.165, 1.54) is 0 Å². The highest BCUT2D eigenvalue weighted by atomic mass is 16.4. The summed E-state index contributed by atoms with van der Waals surface area (Å²) < 4.78 is 1.73. The van der Waals surface area contributed by atoms with Crippen LogP contribution < -0.4 is 0 Å². The van der Waals surface area contributed by atoms with E-state index < -0.39 is 5.97 Å². The first-order chi connectivity index (χ1) is 12.0. The number of rotatable bonds is 5. The Labute approximate surface area is 146 Å². The summed E-state index contributed by atoms with van der Waals surface area (Å²) in [7, 11) is 3.57. The van der Waals surface area contributed by atoms with Crippen molar-refractivity contribution in [1.82, 2.24) is 19.4 Å². The second-order valence-corrected chi connectivity index (χ2v) is 6.55. The highest BCUT2D eigenvalue weighted by Crippen LogP contribution is 2.21. The molecule has 1 saturated heterocycles. The molecule has 1 aliphatic heterocycles. The number of aromatic nitrogens is 2. The number of benzene rings is 1. The summed E-state index contributed by atoms with van der Waals surface area (Å²) in [6, 6.07) is 6.85. The van der Waals surface area contributed by atoms with Gasteiger partial charge in [-0.15, -0.1) is 0 Å². The second-order valence-electron chi connectivity index (χ2n) is 6.55. The molecule has 1 atom stereocenters. The molecule has 1 fully saturated rings. The standard InChI is InChI=1S/C18H22N4O3/c1-20(2)17(23)13-7-8-21(9-13)10-14-11-22(12-19-14)16-6-4-3-5-15(16)18(24)25/h3-6,11-13H,7-10H2,1-2H3,(H,24,25). The van der Waals surface area contributed by atoms with Crippen LogP contribution in [0, 0.1) is 5.92 Å². The van der Waals surface area contributed by atoms with Gasteiger partial charge in [0, 0.05) is 33.4 Å². The van der Waals surface area contributed by atoms with Crippen molar-refractivity contribution in [1.29, 1.82) is 0 Å². The number of carbonyl (C=O) groups is 2. The molecule has 25 heavy (non-hydrogen) atoms. The van der Waals surface area contributed by atoms with Crippen LogP contribution in [0.3, 0.4) is 0 Å². The van der Waals surface area contributed by atoms with Gasteiger partial charge in [-0.2, -0.15) is 0 Å². The number of amides is 1. The average molecular weight is 342 g/mol. The van der Waals surface area contributed by atoms with Gasteiger partial charge >= 0.3 is 5.97 Å². The minimum Gasteiger partial charge on any atom is -0.478 e. The average Bonchev–Trinajstić information content (AvgIpc) is 3.24. The minimum atomic E-state index is -0.963. The molecule has 1 amide bonds. The van der Waals surface area contributed by atoms with Crippen molar-refractivity contribution in [3.8, 4) is 5.69 Å². The summed E-state index contributed by atoms with van der Waals surface area (Å²) in [4.78, 5) is 31.7. The fraction of sp³-hybridized carbons (Fsp3) is 0.389. The van der Waals surface area contributed by atoms with Crippen molar-refractivity contribution in [3.05, 3.63) is 48.0 Å². The highest BCUT2D eigenvalue weighted by Gasteiger charge is 2.29. The fourth-order valence-electron chi connectivity index (χ4n) is 3.23. The first-order valence-electron chi connectivity index (χ1n) is 8.25. The van der Waals surface area contributed by atoms with Crippen LogP contribution in [0.1, 0.15) is 22.5 Å². The Morgan fingerprint density at radius 2 is 2.08 bits per heavy atom. The van der Waals surface area contributed by atoms with Gasteiger partial charge in [-0.05, 0) is 25.1 Å². The molecule has 7 heteroatoms.